The summed E-state index contributed by atoms with van der Waals surface area (Å²) >= 11 is 0. The highest BCUT2D eigenvalue weighted by Crippen LogP contribution is 2.21. The fourth-order valence-electron chi connectivity index (χ4n) is 2.02. The Bertz CT molecular complexity index is 390. The maximum absolute atomic E-state index is 5.12. The van der Waals surface area contributed by atoms with Crippen molar-refractivity contribution in [3.63, 3.8) is 0 Å². The molecule has 1 aliphatic heterocycles. The average Bonchev–Trinajstić information content (AvgIpc) is 2.39. The number of ether oxygens (including phenoxy) is 1. The van der Waals surface area contributed by atoms with Gasteiger partial charge in [-0.3, -0.25) is 0 Å². The van der Waals surface area contributed by atoms with Crippen LogP contribution in [0.15, 0.2) is 0 Å². The van der Waals surface area contributed by atoms with Gasteiger partial charge in [0.05, 0.1) is 7.11 Å². The maximum atomic E-state index is 5.12. The monoisotopic (exact) mass is 251 g/mol. The molecule has 18 heavy (non-hydrogen) atoms. The summed E-state index contributed by atoms with van der Waals surface area (Å²) in [5.41, 5.74) is 0. The van der Waals surface area contributed by atoms with Crippen molar-refractivity contribution in [3.8, 4) is 6.01 Å². The van der Waals surface area contributed by atoms with E-state index >= 15 is 0 Å². The summed E-state index contributed by atoms with van der Waals surface area (Å²) in [7, 11) is 1.58. The van der Waals surface area contributed by atoms with E-state index in [4.69, 9.17) is 4.74 Å². The van der Waals surface area contributed by atoms with Crippen LogP contribution in [0.2, 0.25) is 0 Å². The number of hydrogen-bond acceptors (Lipinski definition) is 6. The van der Waals surface area contributed by atoms with E-state index in [-0.39, 0.29) is 0 Å². The van der Waals surface area contributed by atoms with Gasteiger partial charge in [0, 0.05) is 19.6 Å². The number of aromatic nitrogens is 3. The van der Waals surface area contributed by atoms with E-state index in [0.717, 1.165) is 25.6 Å². The summed E-state index contributed by atoms with van der Waals surface area (Å²) in [5.74, 6) is 2.08. The zero-order valence-electron chi connectivity index (χ0n) is 11.3. The molecule has 6 heteroatoms. The Kier molecular flexibility index (Phi) is 4.17. The van der Waals surface area contributed by atoms with Crippen molar-refractivity contribution in [2.45, 2.75) is 26.7 Å². The first-order valence-electron chi connectivity index (χ1n) is 6.51. The maximum Gasteiger partial charge on any atom is 0.322 e. The van der Waals surface area contributed by atoms with Gasteiger partial charge in [0.2, 0.25) is 11.9 Å². The molecule has 1 aromatic heterocycles. The van der Waals surface area contributed by atoms with Crippen LogP contribution in [0, 0.1) is 5.92 Å². The molecule has 0 aromatic carbocycles. The molecule has 0 atom stereocenters. The molecule has 0 bridgehead atoms. The minimum Gasteiger partial charge on any atom is -0.467 e. The molecule has 0 spiro atoms. The summed E-state index contributed by atoms with van der Waals surface area (Å²) < 4.78 is 5.12. The number of nitrogens with zero attached hydrogens (tertiary/aromatic N) is 4. The summed E-state index contributed by atoms with van der Waals surface area (Å²) in [4.78, 5) is 15.1. The van der Waals surface area contributed by atoms with E-state index in [1.165, 1.54) is 12.8 Å². The summed E-state index contributed by atoms with van der Waals surface area (Å²) in [6.07, 6.45) is 2.37. The van der Waals surface area contributed by atoms with Gasteiger partial charge >= 0.3 is 6.01 Å². The van der Waals surface area contributed by atoms with Crippen molar-refractivity contribution in [3.05, 3.63) is 0 Å². The highest BCUT2D eigenvalue weighted by molar-refractivity contribution is 5.38. The second-order valence-corrected chi connectivity index (χ2v) is 4.65. The number of piperidine rings is 1. The molecular formula is C12H21N5O. The van der Waals surface area contributed by atoms with Gasteiger partial charge in [-0.15, -0.1) is 0 Å². The minimum absolute atomic E-state index is 0.370. The molecule has 6 nitrogen and oxygen atoms in total. The molecule has 1 fully saturated rings. The first-order chi connectivity index (χ1) is 8.72. The second kappa shape index (κ2) is 5.84. The number of rotatable bonds is 4. The average molecular weight is 251 g/mol. The predicted octanol–water partition coefficient (Wildman–Crippen LogP) is 1.55. The van der Waals surface area contributed by atoms with Crippen LogP contribution in [0.4, 0.5) is 11.9 Å². The van der Waals surface area contributed by atoms with Crippen molar-refractivity contribution in [1.82, 2.24) is 15.0 Å². The fraction of sp³-hybridized carbons (Fsp3) is 0.750. The molecule has 1 aromatic rings. The third-order valence-corrected chi connectivity index (χ3v) is 3.19. The largest absolute Gasteiger partial charge is 0.467 e. The van der Waals surface area contributed by atoms with Crippen molar-refractivity contribution < 1.29 is 4.74 Å². The SMILES string of the molecule is CCNc1nc(OC)nc(N2CCC(C)CC2)n1. The first-order valence-corrected chi connectivity index (χ1v) is 6.51. The number of hydrogen-bond donors (Lipinski definition) is 1. The zero-order chi connectivity index (χ0) is 13.0. The molecule has 0 unspecified atom stereocenters. The molecule has 0 aliphatic carbocycles. The Morgan fingerprint density at radius 2 is 2.00 bits per heavy atom. The molecule has 1 saturated heterocycles. The van der Waals surface area contributed by atoms with Crippen LogP contribution in [0.5, 0.6) is 6.01 Å². The summed E-state index contributed by atoms with van der Waals surface area (Å²) in [6.45, 7) is 7.08. The van der Waals surface area contributed by atoms with Gasteiger partial charge in [0.15, 0.2) is 0 Å². The normalized spacial score (nSPS) is 16.7. The molecule has 0 radical (unpaired) electrons. The number of methoxy groups -OCH3 is 1. The van der Waals surface area contributed by atoms with Crippen LogP contribution in [0.3, 0.4) is 0 Å². The van der Waals surface area contributed by atoms with Gasteiger partial charge in [-0.1, -0.05) is 6.92 Å². The fourth-order valence-corrected chi connectivity index (χ4v) is 2.02. The Labute approximate surface area is 108 Å². The quantitative estimate of drug-likeness (QED) is 0.876. The Hall–Kier alpha value is -1.59. The molecule has 0 saturated carbocycles. The third kappa shape index (κ3) is 3.00. The molecule has 0 amide bonds. The van der Waals surface area contributed by atoms with Gasteiger partial charge in [-0.05, 0) is 25.7 Å². The van der Waals surface area contributed by atoms with Crippen molar-refractivity contribution in [2.24, 2.45) is 5.92 Å². The molecular weight excluding hydrogens is 230 g/mol. The van der Waals surface area contributed by atoms with E-state index in [1.54, 1.807) is 7.11 Å². The van der Waals surface area contributed by atoms with Crippen LogP contribution in [0.25, 0.3) is 0 Å². The lowest BCUT2D eigenvalue weighted by Crippen LogP contribution is -2.34. The molecule has 2 rings (SSSR count). The minimum atomic E-state index is 0.370. The van der Waals surface area contributed by atoms with E-state index < -0.39 is 0 Å². The number of nitrogens with one attached hydrogen (secondary N) is 1. The Balaban J connectivity index is 2.17. The zero-order valence-corrected chi connectivity index (χ0v) is 11.3. The van der Waals surface area contributed by atoms with Crippen LogP contribution >= 0.6 is 0 Å². The van der Waals surface area contributed by atoms with Crippen LogP contribution in [-0.4, -0.2) is 41.7 Å². The smallest absolute Gasteiger partial charge is 0.322 e. The van der Waals surface area contributed by atoms with Crippen LogP contribution < -0.4 is 15.0 Å². The Morgan fingerprint density at radius 3 is 2.61 bits per heavy atom. The predicted molar refractivity (Wildman–Crippen MR) is 71.2 cm³/mol. The van der Waals surface area contributed by atoms with Crippen molar-refractivity contribution >= 4 is 11.9 Å². The van der Waals surface area contributed by atoms with Crippen molar-refractivity contribution in [1.29, 1.82) is 0 Å². The lowest BCUT2D eigenvalue weighted by atomic mass is 10.00. The molecule has 2 heterocycles. The van der Waals surface area contributed by atoms with Crippen molar-refractivity contribution in [2.75, 3.05) is 37.0 Å². The van der Waals surface area contributed by atoms with E-state index in [9.17, 15) is 0 Å². The highest BCUT2D eigenvalue weighted by Gasteiger charge is 2.19. The summed E-state index contributed by atoms with van der Waals surface area (Å²) in [5, 5.41) is 3.10. The van der Waals surface area contributed by atoms with Gasteiger partial charge in [-0.25, -0.2) is 0 Å². The van der Waals surface area contributed by atoms with Gasteiger partial charge in [-0.2, -0.15) is 15.0 Å². The van der Waals surface area contributed by atoms with Crippen LogP contribution in [0.1, 0.15) is 26.7 Å². The van der Waals surface area contributed by atoms with E-state index in [1.807, 2.05) is 6.92 Å². The summed E-state index contributed by atoms with van der Waals surface area (Å²) in [6, 6.07) is 0.370. The van der Waals surface area contributed by atoms with Gasteiger partial charge < -0.3 is 15.0 Å². The number of anilines is 2. The molecule has 100 valence electrons. The first kappa shape index (κ1) is 12.9. The van der Waals surface area contributed by atoms with E-state index in [2.05, 4.69) is 32.1 Å². The van der Waals surface area contributed by atoms with Gasteiger partial charge in [0.25, 0.3) is 0 Å². The van der Waals surface area contributed by atoms with Gasteiger partial charge in [0.1, 0.15) is 0 Å². The third-order valence-electron chi connectivity index (χ3n) is 3.19. The standard InChI is InChI=1S/C12H21N5O/c1-4-13-10-14-11(16-12(15-10)18-3)17-7-5-9(2)6-8-17/h9H,4-8H2,1-3H3,(H,13,14,15,16). The molecule has 1 aliphatic rings. The van der Waals surface area contributed by atoms with Crippen LogP contribution in [-0.2, 0) is 0 Å². The molecule has 1 N–H and O–H groups in total. The van der Waals surface area contributed by atoms with E-state index in [0.29, 0.717) is 17.9 Å². The Morgan fingerprint density at radius 1 is 1.28 bits per heavy atom. The second-order valence-electron chi connectivity index (χ2n) is 4.65. The lowest BCUT2D eigenvalue weighted by molar-refractivity contribution is 0.376. The highest BCUT2D eigenvalue weighted by atomic mass is 16.5. The topological polar surface area (TPSA) is 63.2 Å². The lowest BCUT2D eigenvalue weighted by Gasteiger charge is -2.30.